The van der Waals surface area contributed by atoms with E-state index in [1.807, 2.05) is 24.3 Å². The molecule has 0 atom stereocenters. The van der Waals surface area contributed by atoms with Crippen LogP contribution in [0.15, 0.2) is 24.3 Å². The molecule has 1 aromatic carbocycles. The molecule has 0 aliphatic rings. The van der Waals surface area contributed by atoms with Crippen LogP contribution in [0.4, 0.5) is 0 Å². The first-order chi connectivity index (χ1) is 7.74. The second-order valence-electron chi connectivity index (χ2n) is 3.99. The smallest absolute Gasteiger partial charge is 0.159 e. The predicted octanol–water partition coefficient (Wildman–Crippen LogP) is 3.85. The second-order valence-corrected chi connectivity index (χ2v) is 3.99. The van der Waals surface area contributed by atoms with Gasteiger partial charge >= 0.3 is 0 Å². The van der Waals surface area contributed by atoms with Crippen molar-refractivity contribution in [2.24, 2.45) is 0 Å². The van der Waals surface area contributed by atoms with Gasteiger partial charge in [0.25, 0.3) is 0 Å². The van der Waals surface area contributed by atoms with E-state index in [0.717, 1.165) is 18.8 Å². The van der Waals surface area contributed by atoms with E-state index in [9.17, 15) is 4.79 Å². The number of hydrogen-bond donors (Lipinski definition) is 0. The van der Waals surface area contributed by atoms with E-state index in [1.165, 1.54) is 19.3 Å². The van der Waals surface area contributed by atoms with Crippen LogP contribution in [0, 0.1) is 0 Å². The summed E-state index contributed by atoms with van der Waals surface area (Å²) in [6, 6.07) is 7.37. The van der Waals surface area contributed by atoms with Crippen LogP contribution < -0.4 is 4.74 Å². The molecule has 0 fully saturated rings. The van der Waals surface area contributed by atoms with Crippen LogP contribution in [-0.4, -0.2) is 12.4 Å². The Labute approximate surface area is 97.6 Å². The molecule has 88 valence electrons. The molecule has 16 heavy (non-hydrogen) atoms. The van der Waals surface area contributed by atoms with Gasteiger partial charge in [0.1, 0.15) is 5.75 Å². The standard InChI is InChI=1S/C14H20O2/c1-3-4-5-6-10-16-14-9-7-8-13(11-14)12(2)15/h7-9,11H,3-6,10H2,1-2H3. The Morgan fingerprint density at radius 2 is 2.06 bits per heavy atom. The van der Waals surface area contributed by atoms with Crippen LogP contribution in [-0.2, 0) is 0 Å². The number of ether oxygens (including phenoxy) is 1. The molecule has 0 saturated carbocycles. The average Bonchev–Trinajstić information content (AvgIpc) is 2.29. The molecule has 0 unspecified atom stereocenters. The zero-order valence-electron chi connectivity index (χ0n) is 10.2. The van der Waals surface area contributed by atoms with Crippen molar-refractivity contribution in [2.45, 2.75) is 39.5 Å². The van der Waals surface area contributed by atoms with Crippen molar-refractivity contribution >= 4 is 5.78 Å². The third-order valence-electron chi connectivity index (χ3n) is 2.51. The second kappa shape index (κ2) is 7.04. The number of rotatable bonds is 7. The number of carbonyl (C=O) groups excluding carboxylic acids is 1. The number of Topliss-reactive ketones (excluding diaryl/α,β-unsaturated/α-hetero) is 1. The highest BCUT2D eigenvalue weighted by atomic mass is 16.5. The molecular weight excluding hydrogens is 200 g/mol. The molecule has 0 saturated heterocycles. The molecule has 0 radical (unpaired) electrons. The molecule has 0 N–H and O–H groups in total. The zero-order valence-corrected chi connectivity index (χ0v) is 10.2. The first-order valence-electron chi connectivity index (χ1n) is 5.98. The fourth-order valence-electron chi connectivity index (χ4n) is 1.52. The Morgan fingerprint density at radius 3 is 2.75 bits per heavy atom. The van der Waals surface area contributed by atoms with Gasteiger partial charge in [0.15, 0.2) is 5.78 Å². The van der Waals surface area contributed by atoms with Gasteiger partial charge in [0, 0.05) is 5.56 Å². The molecule has 0 amide bonds. The Hall–Kier alpha value is -1.31. The van der Waals surface area contributed by atoms with Crippen LogP contribution in [0.1, 0.15) is 49.9 Å². The Balaban J connectivity index is 2.36. The van der Waals surface area contributed by atoms with E-state index in [4.69, 9.17) is 4.74 Å². The summed E-state index contributed by atoms with van der Waals surface area (Å²) in [6.45, 7) is 4.50. The van der Waals surface area contributed by atoms with Crippen molar-refractivity contribution in [3.63, 3.8) is 0 Å². The van der Waals surface area contributed by atoms with Crippen molar-refractivity contribution in [1.29, 1.82) is 0 Å². The van der Waals surface area contributed by atoms with E-state index in [2.05, 4.69) is 6.92 Å². The van der Waals surface area contributed by atoms with Gasteiger partial charge in [-0.1, -0.05) is 38.3 Å². The number of benzene rings is 1. The summed E-state index contributed by atoms with van der Waals surface area (Å²) in [5, 5.41) is 0. The molecule has 0 heterocycles. The summed E-state index contributed by atoms with van der Waals surface area (Å²) in [6.07, 6.45) is 4.79. The fraction of sp³-hybridized carbons (Fsp3) is 0.500. The highest BCUT2D eigenvalue weighted by molar-refractivity contribution is 5.94. The Morgan fingerprint density at radius 1 is 1.25 bits per heavy atom. The lowest BCUT2D eigenvalue weighted by atomic mass is 10.1. The monoisotopic (exact) mass is 220 g/mol. The topological polar surface area (TPSA) is 26.3 Å². The van der Waals surface area contributed by atoms with Crippen LogP contribution in [0.5, 0.6) is 5.75 Å². The SMILES string of the molecule is CCCCCCOc1cccc(C(C)=O)c1. The lowest BCUT2D eigenvalue weighted by Crippen LogP contribution is -1.99. The molecule has 1 rings (SSSR count). The average molecular weight is 220 g/mol. The fourth-order valence-corrected chi connectivity index (χ4v) is 1.52. The summed E-state index contributed by atoms with van der Waals surface area (Å²) in [4.78, 5) is 11.2. The van der Waals surface area contributed by atoms with Crippen LogP contribution in [0.2, 0.25) is 0 Å². The van der Waals surface area contributed by atoms with Gasteiger partial charge < -0.3 is 4.74 Å². The highest BCUT2D eigenvalue weighted by Crippen LogP contribution is 2.14. The Bertz CT molecular complexity index is 331. The predicted molar refractivity (Wildman–Crippen MR) is 66.1 cm³/mol. The number of ketones is 1. The molecular formula is C14H20O2. The van der Waals surface area contributed by atoms with E-state index in [1.54, 1.807) is 6.92 Å². The number of hydrogen-bond acceptors (Lipinski definition) is 2. The van der Waals surface area contributed by atoms with Gasteiger partial charge in [0.05, 0.1) is 6.61 Å². The molecule has 1 aromatic rings. The summed E-state index contributed by atoms with van der Waals surface area (Å²) in [5.41, 5.74) is 0.714. The highest BCUT2D eigenvalue weighted by Gasteiger charge is 2.00. The van der Waals surface area contributed by atoms with Crippen molar-refractivity contribution in [3.05, 3.63) is 29.8 Å². The first kappa shape index (κ1) is 12.8. The molecule has 2 nitrogen and oxygen atoms in total. The molecule has 0 spiro atoms. The summed E-state index contributed by atoms with van der Waals surface area (Å²) in [7, 11) is 0. The van der Waals surface area contributed by atoms with Gasteiger partial charge in [0.2, 0.25) is 0 Å². The number of unbranched alkanes of at least 4 members (excludes halogenated alkanes) is 3. The van der Waals surface area contributed by atoms with Crippen molar-refractivity contribution < 1.29 is 9.53 Å². The maximum Gasteiger partial charge on any atom is 0.159 e. The van der Waals surface area contributed by atoms with Crippen molar-refractivity contribution in [1.82, 2.24) is 0 Å². The molecule has 0 aliphatic carbocycles. The lowest BCUT2D eigenvalue weighted by Gasteiger charge is -2.06. The summed E-state index contributed by atoms with van der Waals surface area (Å²) < 4.78 is 5.59. The zero-order chi connectivity index (χ0) is 11.8. The van der Waals surface area contributed by atoms with Crippen LogP contribution in [0.3, 0.4) is 0 Å². The van der Waals surface area contributed by atoms with Crippen molar-refractivity contribution in [3.8, 4) is 5.75 Å². The maximum atomic E-state index is 11.2. The van der Waals surface area contributed by atoms with Gasteiger partial charge in [-0.15, -0.1) is 0 Å². The quantitative estimate of drug-likeness (QED) is 0.515. The van der Waals surface area contributed by atoms with Gasteiger partial charge in [-0.2, -0.15) is 0 Å². The first-order valence-corrected chi connectivity index (χ1v) is 5.98. The molecule has 0 bridgehead atoms. The maximum absolute atomic E-state index is 11.2. The van der Waals surface area contributed by atoms with E-state index in [-0.39, 0.29) is 5.78 Å². The normalized spacial score (nSPS) is 10.1. The van der Waals surface area contributed by atoms with E-state index < -0.39 is 0 Å². The molecule has 2 heteroatoms. The minimum atomic E-state index is 0.0800. The van der Waals surface area contributed by atoms with Crippen LogP contribution in [0.25, 0.3) is 0 Å². The van der Waals surface area contributed by atoms with Crippen molar-refractivity contribution in [2.75, 3.05) is 6.61 Å². The third-order valence-corrected chi connectivity index (χ3v) is 2.51. The van der Waals surface area contributed by atoms with E-state index in [0.29, 0.717) is 5.56 Å². The third kappa shape index (κ3) is 4.47. The molecule has 0 aromatic heterocycles. The lowest BCUT2D eigenvalue weighted by molar-refractivity contribution is 0.101. The minimum Gasteiger partial charge on any atom is -0.494 e. The van der Waals surface area contributed by atoms with Gasteiger partial charge in [-0.25, -0.2) is 0 Å². The van der Waals surface area contributed by atoms with E-state index >= 15 is 0 Å². The van der Waals surface area contributed by atoms with Gasteiger partial charge in [-0.05, 0) is 25.5 Å². The Kier molecular flexibility index (Phi) is 5.62. The number of carbonyl (C=O) groups is 1. The van der Waals surface area contributed by atoms with Gasteiger partial charge in [-0.3, -0.25) is 4.79 Å². The summed E-state index contributed by atoms with van der Waals surface area (Å²) in [5.74, 6) is 0.876. The minimum absolute atomic E-state index is 0.0800. The summed E-state index contributed by atoms with van der Waals surface area (Å²) >= 11 is 0. The largest absolute Gasteiger partial charge is 0.494 e. The molecule has 0 aliphatic heterocycles. The van der Waals surface area contributed by atoms with Crippen LogP contribution >= 0.6 is 0 Å².